The molecule has 1 saturated heterocycles. The Morgan fingerprint density at radius 1 is 1.29 bits per heavy atom. The second kappa shape index (κ2) is 6.85. The Bertz CT molecular complexity index is 476. The quantitative estimate of drug-likeness (QED) is 0.873. The summed E-state index contributed by atoms with van der Waals surface area (Å²) in [6.07, 6.45) is -2.84. The molecular weight excluding hydrogens is 305 g/mol. The number of alkyl halides is 3. The Labute approximate surface area is 126 Å². The van der Waals surface area contributed by atoms with E-state index in [1.165, 1.54) is 12.1 Å². The van der Waals surface area contributed by atoms with Crippen molar-refractivity contribution in [2.24, 2.45) is 0 Å². The molecule has 2 rings (SSSR count). The van der Waals surface area contributed by atoms with Crippen LogP contribution in [0.5, 0.6) is 0 Å². The van der Waals surface area contributed by atoms with Crippen molar-refractivity contribution < 1.29 is 18.3 Å². The molecule has 3 nitrogen and oxygen atoms in total. The maximum absolute atomic E-state index is 12.7. The van der Waals surface area contributed by atoms with Crippen LogP contribution >= 0.6 is 11.6 Å². The third-order valence-electron chi connectivity index (χ3n) is 3.48. The predicted molar refractivity (Wildman–Crippen MR) is 76.6 cm³/mol. The Kier molecular flexibility index (Phi) is 5.35. The van der Waals surface area contributed by atoms with Crippen molar-refractivity contribution in [3.63, 3.8) is 0 Å². The summed E-state index contributed by atoms with van der Waals surface area (Å²) in [6, 6.07) is 3.64. The minimum Gasteiger partial charge on any atom is -0.390 e. The van der Waals surface area contributed by atoms with Crippen LogP contribution in [0.4, 0.5) is 18.9 Å². The van der Waals surface area contributed by atoms with Crippen LogP contribution in [0.3, 0.4) is 0 Å². The number of hydrogen-bond acceptors (Lipinski definition) is 3. The average Bonchev–Trinajstić information content (AvgIpc) is 2.89. The highest BCUT2D eigenvalue weighted by Crippen LogP contribution is 2.36. The first-order valence-corrected chi connectivity index (χ1v) is 7.25. The first kappa shape index (κ1) is 16.4. The summed E-state index contributed by atoms with van der Waals surface area (Å²) < 4.78 is 38.2. The van der Waals surface area contributed by atoms with Crippen LogP contribution in [0, 0.1) is 0 Å². The summed E-state index contributed by atoms with van der Waals surface area (Å²) in [4.78, 5) is 2.15. The Morgan fingerprint density at radius 2 is 1.95 bits per heavy atom. The predicted octanol–water partition coefficient (Wildman–Crippen LogP) is 3.23. The number of nitrogens with zero attached hydrogens (tertiary/aromatic N) is 1. The summed E-state index contributed by atoms with van der Waals surface area (Å²) in [7, 11) is 0. The molecule has 1 atom stereocenters. The molecule has 21 heavy (non-hydrogen) atoms. The molecule has 0 saturated carbocycles. The second-order valence-corrected chi connectivity index (χ2v) is 5.64. The molecule has 1 unspecified atom stereocenters. The number of hydrogen-bond donors (Lipinski definition) is 2. The molecule has 118 valence electrons. The first-order valence-electron chi connectivity index (χ1n) is 6.87. The van der Waals surface area contributed by atoms with E-state index in [9.17, 15) is 18.3 Å². The lowest BCUT2D eigenvalue weighted by atomic mass is 10.2. The zero-order chi connectivity index (χ0) is 15.5. The fraction of sp³-hybridized carbons (Fsp3) is 0.571. The van der Waals surface area contributed by atoms with Gasteiger partial charge in [-0.05, 0) is 44.1 Å². The van der Waals surface area contributed by atoms with Crippen LogP contribution in [-0.2, 0) is 6.18 Å². The molecule has 0 spiro atoms. The molecule has 1 heterocycles. The zero-order valence-corrected chi connectivity index (χ0v) is 12.2. The lowest BCUT2D eigenvalue weighted by Crippen LogP contribution is -2.34. The number of benzene rings is 1. The van der Waals surface area contributed by atoms with E-state index >= 15 is 0 Å². The minimum absolute atomic E-state index is 0.204. The largest absolute Gasteiger partial charge is 0.417 e. The van der Waals surface area contributed by atoms with Crippen LogP contribution in [-0.4, -0.2) is 42.3 Å². The standard InChI is InChI=1S/C14H18ClF3N2O/c15-13-4-3-10(7-12(13)14(16,17)18)19-8-11(21)9-20-5-1-2-6-20/h3-4,7,11,19,21H,1-2,5-6,8-9H2. The van der Waals surface area contributed by atoms with Gasteiger partial charge in [0.2, 0.25) is 0 Å². The van der Waals surface area contributed by atoms with Crippen LogP contribution in [0.2, 0.25) is 5.02 Å². The molecule has 1 aromatic rings. The smallest absolute Gasteiger partial charge is 0.390 e. The fourth-order valence-electron chi connectivity index (χ4n) is 2.42. The van der Waals surface area contributed by atoms with Crippen LogP contribution in [0.15, 0.2) is 18.2 Å². The van der Waals surface area contributed by atoms with Gasteiger partial charge >= 0.3 is 6.18 Å². The second-order valence-electron chi connectivity index (χ2n) is 5.23. The minimum atomic E-state index is -4.48. The monoisotopic (exact) mass is 322 g/mol. The number of β-amino-alcohol motifs (C(OH)–C–C–N with tert-alkyl or cyclic N) is 1. The fourth-order valence-corrected chi connectivity index (χ4v) is 2.64. The van der Waals surface area contributed by atoms with E-state index in [2.05, 4.69) is 10.2 Å². The van der Waals surface area contributed by atoms with Crippen molar-refractivity contribution in [2.45, 2.75) is 25.1 Å². The van der Waals surface area contributed by atoms with Crippen molar-refractivity contribution in [2.75, 3.05) is 31.5 Å². The normalized spacial score (nSPS) is 18.0. The molecule has 2 N–H and O–H groups in total. The Morgan fingerprint density at radius 3 is 2.57 bits per heavy atom. The van der Waals surface area contributed by atoms with E-state index in [1.54, 1.807) is 0 Å². The maximum atomic E-state index is 12.7. The molecule has 1 aliphatic heterocycles. The number of nitrogens with one attached hydrogen (secondary N) is 1. The SMILES string of the molecule is OC(CNc1ccc(Cl)c(C(F)(F)F)c1)CN1CCCC1. The van der Waals surface area contributed by atoms with Gasteiger partial charge in [-0.15, -0.1) is 0 Å². The van der Waals surface area contributed by atoms with E-state index in [-0.39, 0.29) is 11.6 Å². The summed E-state index contributed by atoms with van der Waals surface area (Å²) in [5.41, 5.74) is -0.574. The lowest BCUT2D eigenvalue weighted by molar-refractivity contribution is -0.137. The van der Waals surface area contributed by atoms with Gasteiger partial charge < -0.3 is 15.3 Å². The molecule has 1 fully saturated rings. The Hall–Kier alpha value is -0.980. The number of rotatable bonds is 5. The first-order chi connectivity index (χ1) is 9.86. The van der Waals surface area contributed by atoms with Crippen LogP contribution in [0.1, 0.15) is 18.4 Å². The van der Waals surface area contributed by atoms with Crippen molar-refractivity contribution in [1.29, 1.82) is 0 Å². The molecule has 0 bridgehead atoms. The van der Waals surface area contributed by atoms with Crippen molar-refractivity contribution in [1.82, 2.24) is 4.90 Å². The van der Waals surface area contributed by atoms with Crippen molar-refractivity contribution in [3.05, 3.63) is 28.8 Å². The highest BCUT2D eigenvalue weighted by molar-refractivity contribution is 6.31. The van der Waals surface area contributed by atoms with Gasteiger partial charge in [0.1, 0.15) is 0 Å². The number of halogens is 4. The number of likely N-dealkylation sites (tertiary alicyclic amines) is 1. The van der Waals surface area contributed by atoms with E-state index in [1.807, 2.05) is 0 Å². The average molecular weight is 323 g/mol. The highest BCUT2D eigenvalue weighted by Gasteiger charge is 2.33. The highest BCUT2D eigenvalue weighted by atomic mass is 35.5. The molecule has 1 aromatic carbocycles. The zero-order valence-electron chi connectivity index (χ0n) is 11.5. The molecular formula is C14H18ClF3N2O. The number of aliphatic hydroxyl groups is 1. The summed E-state index contributed by atoms with van der Waals surface area (Å²) >= 11 is 5.55. The topological polar surface area (TPSA) is 35.5 Å². The maximum Gasteiger partial charge on any atom is 0.417 e. The van der Waals surface area contributed by atoms with Gasteiger partial charge in [-0.1, -0.05) is 11.6 Å². The van der Waals surface area contributed by atoms with E-state index in [0.29, 0.717) is 12.2 Å². The molecule has 7 heteroatoms. The summed E-state index contributed by atoms with van der Waals surface area (Å²) in [6.45, 7) is 2.68. The molecule has 0 radical (unpaired) electrons. The van der Waals surface area contributed by atoms with E-state index < -0.39 is 17.8 Å². The van der Waals surface area contributed by atoms with Gasteiger partial charge in [0.25, 0.3) is 0 Å². The third-order valence-corrected chi connectivity index (χ3v) is 3.81. The molecule has 0 aromatic heterocycles. The van der Waals surface area contributed by atoms with Crippen LogP contribution < -0.4 is 5.32 Å². The molecule has 0 aliphatic carbocycles. The van der Waals surface area contributed by atoms with Gasteiger partial charge in [-0.25, -0.2) is 0 Å². The number of anilines is 1. The van der Waals surface area contributed by atoms with Gasteiger partial charge in [-0.3, -0.25) is 0 Å². The van der Waals surface area contributed by atoms with Gasteiger partial charge in [0.05, 0.1) is 16.7 Å². The van der Waals surface area contributed by atoms with Crippen molar-refractivity contribution in [3.8, 4) is 0 Å². The van der Waals surface area contributed by atoms with Crippen molar-refractivity contribution >= 4 is 17.3 Å². The third kappa shape index (κ3) is 4.76. The Balaban J connectivity index is 1.90. The van der Waals surface area contributed by atoms with Gasteiger partial charge in [0, 0.05) is 18.8 Å². The number of aliphatic hydroxyl groups excluding tert-OH is 1. The summed E-state index contributed by atoms with van der Waals surface area (Å²) in [5, 5.41) is 12.4. The van der Waals surface area contributed by atoms with Gasteiger partial charge in [0.15, 0.2) is 0 Å². The molecule has 1 aliphatic rings. The van der Waals surface area contributed by atoms with E-state index in [4.69, 9.17) is 11.6 Å². The lowest BCUT2D eigenvalue weighted by Gasteiger charge is -2.20. The van der Waals surface area contributed by atoms with E-state index in [0.717, 1.165) is 32.0 Å². The van der Waals surface area contributed by atoms with Crippen LogP contribution in [0.25, 0.3) is 0 Å². The van der Waals surface area contributed by atoms with Gasteiger partial charge in [-0.2, -0.15) is 13.2 Å². The summed E-state index contributed by atoms with van der Waals surface area (Å²) in [5.74, 6) is 0. The molecule has 0 amide bonds.